The second-order valence-corrected chi connectivity index (χ2v) is 7.54. The molecule has 0 saturated carbocycles. The van der Waals surface area contributed by atoms with E-state index in [0.717, 1.165) is 0 Å². The molecule has 0 bridgehead atoms. The summed E-state index contributed by atoms with van der Waals surface area (Å²) >= 11 is 3.27. The lowest BCUT2D eigenvalue weighted by molar-refractivity contribution is 0.539. The van der Waals surface area contributed by atoms with Crippen LogP contribution in [0.25, 0.3) is 0 Å². The van der Waals surface area contributed by atoms with E-state index < -0.39 is 10.0 Å². The molecular weight excluding hydrogens is 356 g/mol. The van der Waals surface area contributed by atoms with Crippen LogP contribution in [-0.4, -0.2) is 18.2 Å². The molecule has 2 rings (SSSR count). The van der Waals surface area contributed by atoms with Gasteiger partial charge in [-0.25, -0.2) is 13.1 Å². The highest BCUT2D eigenvalue weighted by Crippen LogP contribution is 2.28. The van der Waals surface area contributed by atoms with E-state index in [0.29, 0.717) is 21.5 Å². The Bertz CT molecular complexity index is 768. The van der Waals surface area contributed by atoms with Gasteiger partial charge in [0.05, 0.1) is 11.1 Å². The summed E-state index contributed by atoms with van der Waals surface area (Å²) in [6.07, 6.45) is 1.56. The summed E-state index contributed by atoms with van der Waals surface area (Å²) in [5, 5.41) is 4.11. The Morgan fingerprint density at radius 3 is 2.67 bits per heavy atom. The number of sulfonamides is 1. The van der Waals surface area contributed by atoms with Crippen molar-refractivity contribution < 1.29 is 8.42 Å². The van der Waals surface area contributed by atoms with Crippen LogP contribution in [0.15, 0.2) is 33.8 Å². The third kappa shape index (κ3) is 3.21. The van der Waals surface area contributed by atoms with Gasteiger partial charge in [-0.05, 0) is 38.5 Å². The number of halogens is 1. The molecule has 0 unspecified atom stereocenters. The molecular formula is C13H17BrN4O2S. The Balaban J connectivity index is 2.46. The minimum Gasteiger partial charge on any atom is -0.398 e. The number of hydrogen-bond donors (Lipinski definition) is 2. The first-order valence-electron chi connectivity index (χ1n) is 6.34. The largest absolute Gasteiger partial charge is 0.398 e. The van der Waals surface area contributed by atoms with Crippen LogP contribution in [0.4, 0.5) is 11.5 Å². The van der Waals surface area contributed by atoms with Crippen LogP contribution >= 0.6 is 15.9 Å². The van der Waals surface area contributed by atoms with E-state index in [4.69, 9.17) is 5.73 Å². The number of nitrogens with two attached hydrogens (primary N) is 1. The Morgan fingerprint density at radius 1 is 1.38 bits per heavy atom. The van der Waals surface area contributed by atoms with E-state index in [1.807, 2.05) is 13.8 Å². The molecule has 0 spiro atoms. The number of aromatic nitrogens is 2. The molecule has 0 aliphatic heterocycles. The molecule has 0 aliphatic rings. The first-order chi connectivity index (χ1) is 9.72. The van der Waals surface area contributed by atoms with Crippen LogP contribution in [0, 0.1) is 6.92 Å². The van der Waals surface area contributed by atoms with Gasteiger partial charge in [-0.1, -0.05) is 15.9 Å². The van der Waals surface area contributed by atoms with Crippen molar-refractivity contribution in [1.29, 1.82) is 0 Å². The van der Waals surface area contributed by atoms with Gasteiger partial charge >= 0.3 is 0 Å². The zero-order valence-electron chi connectivity index (χ0n) is 12.0. The van der Waals surface area contributed by atoms with Gasteiger partial charge in [-0.3, -0.25) is 4.72 Å². The Morgan fingerprint density at radius 2 is 2.05 bits per heavy atom. The van der Waals surface area contributed by atoms with Crippen LogP contribution in [-0.2, 0) is 10.0 Å². The number of hydrogen-bond acceptors (Lipinski definition) is 4. The van der Waals surface area contributed by atoms with Crippen LogP contribution in [0.1, 0.15) is 25.5 Å². The van der Waals surface area contributed by atoms with Crippen LogP contribution in [0.3, 0.4) is 0 Å². The standard InChI is InChI=1S/C13H17BrN4O2S/c1-8(2)18-13(4-5-16-18)17-21(19,20)12-7-10(14)6-11(15)9(12)3/h4-8,17H,15H2,1-3H3. The maximum absolute atomic E-state index is 12.6. The van der Waals surface area contributed by atoms with Gasteiger partial charge in [0.1, 0.15) is 5.82 Å². The third-order valence-electron chi connectivity index (χ3n) is 3.05. The zero-order chi connectivity index (χ0) is 15.8. The van der Waals surface area contributed by atoms with E-state index >= 15 is 0 Å². The highest BCUT2D eigenvalue weighted by Gasteiger charge is 2.21. The van der Waals surface area contributed by atoms with Crippen molar-refractivity contribution >= 4 is 37.5 Å². The summed E-state index contributed by atoms with van der Waals surface area (Å²) in [6, 6.07) is 4.87. The molecule has 2 aromatic rings. The molecule has 1 heterocycles. The summed E-state index contributed by atoms with van der Waals surface area (Å²) in [4.78, 5) is 0.144. The van der Waals surface area contributed by atoms with Gasteiger partial charge in [0.25, 0.3) is 10.0 Å². The molecule has 0 aliphatic carbocycles. The van der Waals surface area contributed by atoms with Crippen LogP contribution < -0.4 is 10.5 Å². The first kappa shape index (κ1) is 15.8. The van der Waals surface area contributed by atoms with Gasteiger partial charge in [-0.2, -0.15) is 5.10 Å². The Hall–Kier alpha value is -1.54. The maximum atomic E-state index is 12.6. The number of nitrogens with one attached hydrogen (secondary N) is 1. The molecule has 1 aromatic carbocycles. The van der Waals surface area contributed by atoms with E-state index in [9.17, 15) is 8.42 Å². The molecule has 0 amide bonds. The maximum Gasteiger partial charge on any atom is 0.263 e. The summed E-state index contributed by atoms with van der Waals surface area (Å²) in [5.41, 5.74) is 6.76. The van der Waals surface area contributed by atoms with Gasteiger partial charge in [-0.15, -0.1) is 0 Å². The molecule has 0 radical (unpaired) electrons. The second kappa shape index (κ2) is 5.69. The van der Waals surface area contributed by atoms with Crippen LogP contribution in [0.2, 0.25) is 0 Å². The van der Waals surface area contributed by atoms with Gasteiger partial charge in [0.15, 0.2) is 0 Å². The highest BCUT2D eigenvalue weighted by atomic mass is 79.9. The lowest BCUT2D eigenvalue weighted by Gasteiger charge is -2.15. The fraction of sp³-hybridized carbons (Fsp3) is 0.308. The Labute approximate surface area is 132 Å². The summed E-state index contributed by atoms with van der Waals surface area (Å²) in [5.74, 6) is 0.419. The average Bonchev–Trinajstić information content (AvgIpc) is 2.81. The summed E-state index contributed by atoms with van der Waals surface area (Å²) < 4.78 is 29.9. The molecule has 0 fully saturated rings. The summed E-state index contributed by atoms with van der Waals surface area (Å²) in [7, 11) is -3.74. The van der Waals surface area contributed by atoms with E-state index in [1.54, 1.807) is 29.9 Å². The summed E-state index contributed by atoms with van der Waals surface area (Å²) in [6.45, 7) is 5.52. The number of anilines is 2. The minimum atomic E-state index is -3.74. The Kier molecular flexibility index (Phi) is 4.29. The average molecular weight is 373 g/mol. The van der Waals surface area contributed by atoms with Crippen LogP contribution in [0.5, 0.6) is 0 Å². The number of benzene rings is 1. The molecule has 114 valence electrons. The van der Waals surface area contributed by atoms with Gasteiger partial charge in [0, 0.05) is 22.3 Å². The van der Waals surface area contributed by atoms with Crippen molar-refractivity contribution in [2.24, 2.45) is 0 Å². The lowest BCUT2D eigenvalue weighted by Crippen LogP contribution is -2.18. The molecule has 21 heavy (non-hydrogen) atoms. The predicted molar refractivity (Wildman–Crippen MR) is 86.7 cm³/mol. The van der Waals surface area contributed by atoms with Crippen molar-refractivity contribution in [3.8, 4) is 0 Å². The molecule has 8 heteroatoms. The fourth-order valence-corrected chi connectivity index (χ4v) is 3.93. The molecule has 0 atom stereocenters. The van der Waals surface area contributed by atoms with Crippen molar-refractivity contribution in [1.82, 2.24) is 9.78 Å². The van der Waals surface area contributed by atoms with Gasteiger partial charge in [0.2, 0.25) is 0 Å². The highest BCUT2D eigenvalue weighted by molar-refractivity contribution is 9.10. The monoisotopic (exact) mass is 372 g/mol. The van der Waals surface area contributed by atoms with Crippen molar-refractivity contribution in [3.63, 3.8) is 0 Å². The SMILES string of the molecule is Cc1c(N)cc(Br)cc1S(=O)(=O)Nc1ccnn1C(C)C. The second-order valence-electron chi connectivity index (χ2n) is 4.98. The molecule has 1 aromatic heterocycles. The van der Waals surface area contributed by atoms with E-state index in [2.05, 4.69) is 25.8 Å². The van der Waals surface area contributed by atoms with Crippen molar-refractivity contribution in [2.45, 2.75) is 31.7 Å². The van der Waals surface area contributed by atoms with Crippen molar-refractivity contribution in [2.75, 3.05) is 10.5 Å². The number of nitrogens with zero attached hydrogens (tertiary/aromatic N) is 2. The molecule has 6 nitrogen and oxygen atoms in total. The number of nitrogen functional groups attached to an aromatic ring is 1. The molecule has 0 saturated heterocycles. The van der Waals surface area contributed by atoms with Gasteiger partial charge < -0.3 is 5.73 Å². The van der Waals surface area contributed by atoms with E-state index in [-0.39, 0.29) is 10.9 Å². The third-order valence-corrected chi connectivity index (χ3v) is 4.99. The first-order valence-corrected chi connectivity index (χ1v) is 8.62. The lowest BCUT2D eigenvalue weighted by atomic mass is 10.2. The van der Waals surface area contributed by atoms with E-state index in [1.165, 1.54) is 6.07 Å². The predicted octanol–water partition coefficient (Wildman–Crippen LogP) is 2.92. The molecule has 3 N–H and O–H groups in total. The normalized spacial score (nSPS) is 11.9. The number of rotatable bonds is 4. The fourth-order valence-electron chi connectivity index (χ4n) is 1.95. The zero-order valence-corrected chi connectivity index (χ0v) is 14.4. The topological polar surface area (TPSA) is 90.0 Å². The minimum absolute atomic E-state index is 0.0476. The quantitative estimate of drug-likeness (QED) is 0.807. The van der Waals surface area contributed by atoms with Crippen molar-refractivity contribution in [3.05, 3.63) is 34.4 Å². The smallest absolute Gasteiger partial charge is 0.263 e.